The van der Waals surface area contributed by atoms with Crippen LogP contribution in [0.4, 0.5) is 0 Å². The molecule has 1 aromatic rings. The lowest BCUT2D eigenvalue weighted by molar-refractivity contribution is 0.0507. The minimum atomic E-state index is -0.632. The number of cyclic esters (lactones) is 1. The van der Waals surface area contributed by atoms with Crippen molar-refractivity contribution in [2.45, 2.75) is 38.5 Å². The van der Waals surface area contributed by atoms with Crippen LogP contribution in [0.5, 0.6) is 5.75 Å². The summed E-state index contributed by atoms with van der Waals surface area (Å²) < 4.78 is 5.24. The third kappa shape index (κ3) is 4.39. The van der Waals surface area contributed by atoms with Gasteiger partial charge in [0.2, 0.25) is 0 Å². The van der Waals surface area contributed by atoms with Crippen molar-refractivity contribution in [3.05, 3.63) is 52.1 Å². The van der Waals surface area contributed by atoms with Crippen LogP contribution in [0.2, 0.25) is 5.02 Å². The maximum atomic E-state index is 12.4. The van der Waals surface area contributed by atoms with E-state index in [9.17, 15) is 9.90 Å². The molecule has 0 aliphatic carbocycles. The molecule has 0 amide bonds. The third-order valence-electron chi connectivity index (χ3n) is 3.93. The molecule has 24 heavy (non-hydrogen) atoms. The van der Waals surface area contributed by atoms with Gasteiger partial charge >= 0.3 is 5.97 Å². The summed E-state index contributed by atoms with van der Waals surface area (Å²) in [5.74, 6) is -0.918. The van der Waals surface area contributed by atoms with Gasteiger partial charge in [-0.2, -0.15) is 5.26 Å². The van der Waals surface area contributed by atoms with Crippen LogP contribution in [0.3, 0.4) is 0 Å². The molecule has 0 aromatic heterocycles. The molecule has 4 nitrogen and oxygen atoms in total. The first-order chi connectivity index (χ1) is 11.5. The molecular weight excluding hydrogens is 326 g/mol. The fourth-order valence-electron chi connectivity index (χ4n) is 2.68. The second-order valence-corrected chi connectivity index (χ2v) is 6.17. The molecule has 5 heteroatoms. The second kappa shape index (κ2) is 8.56. The summed E-state index contributed by atoms with van der Waals surface area (Å²) in [4.78, 5) is 12.4. The van der Waals surface area contributed by atoms with Crippen molar-refractivity contribution >= 4 is 17.6 Å². The molecule has 0 saturated heterocycles. The Morgan fingerprint density at radius 2 is 2.04 bits per heavy atom. The predicted molar refractivity (Wildman–Crippen MR) is 93.2 cm³/mol. The topological polar surface area (TPSA) is 70.3 Å². The Morgan fingerprint density at radius 1 is 1.29 bits per heavy atom. The summed E-state index contributed by atoms with van der Waals surface area (Å²) in [6.45, 7) is 4.27. The molecule has 126 valence electrons. The number of ether oxygens (including phenoxy) is 1. The first kappa shape index (κ1) is 18.1. The van der Waals surface area contributed by atoms with Gasteiger partial charge in [0.05, 0.1) is 17.2 Å². The van der Waals surface area contributed by atoms with Crippen molar-refractivity contribution in [2.75, 3.05) is 6.61 Å². The van der Waals surface area contributed by atoms with Crippen LogP contribution in [0.15, 0.2) is 30.4 Å². The van der Waals surface area contributed by atoms with Crippen molar-refractivity contribution in [3.63, 3.8) is 0 Å². The number of phenols is 1. The number of nitrogens with zero attached hydrogens (tertiary/aromatic N) is 1. The number of halogens is 1. The summed E-state index contributed by atoms with van der Waals surface area (Å²) in [5.41, 5.74) is 1.48. The van der Waals surface area contributed by atoms with Crippen LogP contribution in [0, 0.1) is 11.3 Å². The highest BCUT2D eigenvalue weighted by atomic mass is 35.5. The van der Waals surface area contributed by atoms with Crippen molar-refractivity contribution in [2.24, 2.45) is 0 Å². The van der Waals surface area contributed by atoms with Crippen molar-refractivity contribution in [1.82, 2.24) is 0 Å². The predicted octanol–water partition coefficient (Wildman–Crippen LogP) is 4.69. The van der Waals surface area contributed by atoms with Gasteiger partial charge in [0, 0.05) is 6.07 Å². The number of phenolic OH excluding ortho intramolecular Hbond substituents is 1. The molecule has 0 fully saturated rings. The quantitative estimate of drug-likeness (QED) is 0.546. The van der Waals surface area contributed by atoms with Crippen LogP contribution in [-0.2, 0) is 11.2 Å². The van der Waals surface area contributed by atoms with E-state index in [1.165, 1.54) is 6.07 Å². The highest BCUT2D eigenvalue weighted by molar-refractivity contribution is 6.33. The van der Waals surface area contributed by atoms with E-state index in [0.29, 0.717) is 18.4 Å². The van der Waals surface area contributed by atoms with Gasteiger partial charge in [-0.1, -0.05) is 35.9 Å². The summed E-state index contributed by atoms with van der Waals surface area (Å²) in [7, 11) is 0. The van der Waals surface area contributed by atoms with Gasteiger partial charge in [-0.3, -0.25) is 0 Å². The fraction of sp³-hybridized carbons (Fsp3) is 0.368. The molecule has 1 aromatic carbocycles. The maximum absolute atomic E-state index is 12.4. The van der Waals surface area contributed by atoms with Gasteiger partial charge in [-0.05, 0) is 44.1 Å². The number of esters is 1. The van der Waals surface area contributed by atoms with E-state index >= 15 is 0 Å². The number of aromatic hydroxyl groups is 1. The molecule has 0 radical (unpaired) electrons. The molecule has 1 aliphatic rings. The number of benzene rings is 1. The first-order valence-electron chi connectivity index (χ1n) is 7.97. The minimum Gasteiger partial charge on any atom is -0.507 e. The van der Waals surface area contributed by atoms with Crippen molar-refractivity contribution in [3.8, 4) is 11.8 Å². The molecule has 0 spiro atoms. The maximum Gasteiger partial charge on any atom is 0.342 e. The second-order valence-electron chi connectivity index (χ2n) is 5.79. The zero-order chi connectivity index (χ0) is 17.5. The van der Waals surface area contributed by atoms with Gasteiger partial charge in [0.25, 0.3) is 0 Å². The van der Waals surface area contributed by atoms with E-state index in [2.05, 4.69) is 12.7 Å². The van der Waals surface area contributed by atoms with Crippen LogP contribution < -0.4 is 0 Å². The number of hydrogen-bond acceptors (Lipinski definition) is 4. The molecule has 0 bridgehead atoms. The SMILES string of the molecule is C=C1CCCC/C=C/CCOC(=O)c2c(O)cc(C#N)c(Cl)c2C1. The number of nitriles is 1. The number of carbonyl (C=O) groups is 1. The lowest BCUT2D eigenvalue weighted by Crippen LogP contribution is -2.11. The molecule has 0 saturated carbocycles. The standard InChI is InChI=1S/C19H20ClNO3/c1-13-8-6-4-2-3-5-7-9-24-19(23)17-15(10-13)18(20)14(12-21)11-16(17)22/h3,5,11,22H,1-2,4,6-10H2/b5-3+. The van der Waals surface area contributed by atoms with E-state index < -0.39 is 5.97 Å². The average molecular weight is 346 g/mol. The summed E-state index contributed by atoms with van der Waals surface area (Å²) in [6, 6.07) is 3.14. The largest absolute Gasteiger partial charge is 0.507 e. The molecule has 1 N–H and O–H groups in total. The Morgan fingerprint density at radius 3 is 2.79 bits per heavy atom. The van der Waals surface area contributed by atoms with E-state index in [1.807, 2.05) is 12.1 Å². The number of allylic oxidation sites excluding steroid dienone is 2. The Balaban J connectivity index is 2.44. The van der Waals surface area contributed by atoms with E-state index in [0.717, 1.165) is 31.3 Å². The Kier molecular flexibility index (Phi) is 6.45. The van der Waals surface area contributed by atoms with Gasteiger partial charge in [0.1, 0.15) is 17.4 Å². The molecule has 0 atom stereocenters. The number of rotatable bonds is 0. The Hall–Kier alpha value is -2.25. The lowest BCUT2D eigenvalue weighted by Gasteiger charge is -2.15. The molecule has 1 heterocycles. The normalized spacial score (nSPS) is 18.0. The minimum absolute atomic E-state index is 0.0289. The molecule has 1 aliphatic heterocycles. The van der Waals surface area contributed by atoms with E-state index in [4.69, 9.17) is 21.6 Å². The lowest BCUT2D eigenvalue weighted by atomic mass is 9.94. The highest BCUT2D eigenvalue weighted by Crippen LogP contribution is 2.34. The number of carbonyl (C=O) groups excluding carboxylic acids is 1. The van der Waals surface area contributed by atoms with Crippen LogP contribution >= 0.6 is 11.6 Å². The number of fused-ring (bicyclic) bond motifs is 1. The third-order valence-corrected chi connectivity index (χ3v) is 4.36. The van der Waals surface area contributed by atoms with E-state index in [1.54, 1.807) is 0 Å². The van der Waals surface area contributed by atoms with Gasteiger partial charge in [-0.25, -0.2) is 4.79 Å². The molecule has 0 unspecified atom stereocenters. The van der Waals surface area contributed by atoms with Crippen LogP contribution in [0.1, 0.15) is 53.6 Å². The molecular formula is C19H20ClNO3. The number of hydrogen-bond donors (Lipinski definition) is 1. The van der Waals surface area contributed by atoms with Crippen LogP contribution in [0.25, 0.3) is 0 Å². The Bertz CT molecular complexity index is 716. The summed E-state index contributed by atoms with van der Waals surface area (Å²) >= 11 is 6.29. The highest BCUT2D eigenvalue weighted by Gasteiger charge is 2.23. The smallest absolute Gasteiger partial charge is 0.342 e. The average Bonchev–Trinajstić information content (AvgIpc) is 2.55. The van der Waals surface area contributed by atoms with Crippen molar-refractivity contribution < 1.29 is 14.6 Å². The van der Waals surface area contributed by atoms with Crippen LogP contribution in [-0.4, -0.2) is 17.7 Å². The zero-order valence-electron chi connectivity index (χ0n) is 13.5. The van der Waals surface area contributed by atoms with Gasteiger partial charge in [-0.15, -0.1) is 0 Å². The van der Waals surface area contributed by atoms with Gasteiger partial charge in [0.15, 0.2) is 0 Å². The van der Waals surface area contributed by atoms with Gasteiger partial charge < -0.3 is 9.84 Å². The summed E-state index contributed by atoms with van der Waals surface area (Å²) in [5, 5.41) is 19.5. The first-order valence-corrected chi connectivity index (χ1v) is 8.35. The Labute approximate surface area is 147 Å². The fourth-order valence-corrected chi connectivity index (χ4v) is 2.94. The molecule has 2 rings (SSSR count). The van der Waals surface area contributed by atoms with E-state index in [-0.39, 0.29) is 28.5 Å². The monoisotopic (exact) mass is 345 g/mol. The van der Waals surface area contributed by atoms with Crippen molar-refractivity contribution in [1.29, 1.82) is 5.26 Å². The summed E-state index contributed by atoms with van der Waals surface area (Å²) in [6.07, 6.45) is 8.86. The zero-order valence-corrected chi connectivity index (χ0v) is 14.2.